The first kappa shape index (κ1) is 23.6. The number of ether oxygens (including phenoxy) is 2. The van der Waals surface area contributed by atoms with E-state index in [4.69, 9.17) is 14.6 Å². The number of phenols is 1. The molecule has 0 radical (unpaired) electrons. The Morgan fingerprint density at radius 3 is 2.86 bits per heavy atom. The molecule has 11 heteroatoms. The number of hydrogen-bond donors (Lipinski definition) is 5. The molecule has 1 amide bonds. The lowest BCUT2D eigenvalue weighted by Gasteiger charge is -2.61. The zero-order chi connectivity index (χ0) is 25.1. The number of aliphatic hydroxyl groups excluding tert-OH is 1. The van der Waals surface area contributed by atoms with Gasteiger partial charge in [-0.3, -0.25) is 9.59 Å². The minimum atomic E-state index is -1.82. The van der Waals surface area contributed by atoms with Crippen LogP contribution in [0.15, 0.2) is 24.0 Å². The van der Waals surface area contributed by atoms with Gasteiger partial charge in [-0.15, -0.1) is 0 Å². The molecule has 188 valence electrons. The second-order valence-electron chi connectivity index (χ2n) is 9.73. The van der Waals surface area contributed by atoms with E-state index in [2.05, 4.69) is 10.2 Å². The van der Waals surface area contributed by atoms with Crippen LogP contribution in [0.1, 0.15) is 36.8 Å². The number of amides is 1. The first-order valence-corrected chi connectivity index (χ1v) is 11.6. The predicted molar refractivity (Wildman–Crippen MR) is 119 cm³/mol. The number of nitrogens with one attached hydrogen (secondary N) is 1. The maximum atomic E-state index is 12.6. The van der Waals surface area contributed by atoms with Crippen LogP contribution in [-0.2, 0) is 31.0 Å². The van der Waals surface area contributed by atoms with Gasteiger partial charge in [0, 0.05) is 24.6 Å². The number of rotatable bonds is 7. The van der Waals surface area contributed by atoms with Gasteiger partial charge in [0.2, 0.25) is 5.91 Å². The van der Waals surface area contributed by atoms with Gasteiger partial charge in [0.15, 0.2) is 23.7 Å². The highest BCUT2D eigenvalue weighted by atomic mass is 16.6. The lowest BCUT2D eigenvalue weighted by molar-refractivity contribution is -0.169. The summed E-state index contributed by atoms with van der Waals surface area (Å²) in [6.45, 7) is 0.604. The number of piperidine rings is 1. The van der Waals surface area contributed by atoms with E-state index < -0.39 is 47.5 Å². The summed E-state index contributed by atoms with van der Waals surface area (Å²) in [5, 5.41) is 42.9. The molecule has 1 aromatic rings. The Kier molecular flexibility index (Phi) is 5.53. The fraction of sp³-hybridized carbons (Fsp3) is 0.542. The van der Waals surface area contributed by atoms with Gasteiger partial charge in [-0.2, -0.15) is 0 Å². The van der Waals surface area contributed by atoms with Crippen molar-refractivity contribution in [2.45, 2.75) is 61.4 Å². The number of likely N-dealkylation sites (N-methyl/N-ethyl adjacent to an activating group) is 1. The Hall–Kier alpha value is -3.15. The summed E-state index contributed by atoms with van der Waals surface area (Å²) in [5.74, 6) is -2.29. The first-order chi connectivity index (χ1) is 16.6. The number of carbonyl (C=O) groups is 3. The van der Waals surface area contributed by atoms with Gasteiger partial charge in [-0.25, -0.2) is 4.79 Å². The highest BCUT2D eigenvalue weighted by Crippen LogP contribution is 2.65. The maximum absolute atomic E-state index is 12.6. The highest BCUT2D eigenvalue weighted by molar-refractivity contribution is 5.83. The minimum Gasteiger partial charge on any atom is -0.504 e. The van der Waals surface area contributed by atoms with Gasteiger partial charge in [-0.05, 0) is 44.1 Å². The number of aliphatic hydroxyl groups is 2. The molecule has 1 spiro atoms. The van der Waals surface area contributed by atoms with E-state index in [-0.39, 0.29) is 36.9 Å². The molecule has 11 nitrogen and oxygen atoms in total. The molecule has 1 saturated heterocycles. The Bertz CT molecular complexity index is 1130. The third-order valence-electron chi connectivity index (χ3n) is 7.90. The monoisotopic (exact) mass is 488 g/mol. The molecule has 1 aromatic carbocycles. The number of esters is 1. The van der Waals surface area contributed by atoms with E-state index in [0.29, 0.717) is 25.1 Å². The predicted octanol–water partition coefficient (Wildman–Crippen LogP) is -0.445. The summed E-state index contributed by atoms with van der Waals surface area (Å²) in [7, 11) is 1.98. The standard InChI is InChI=1S/C24H28N2O9/c1-26-9-7-23-19-12-2-3-13(27)20(19)35-21(23)15(4-6-24(23,33)16(26)10-12)34-18(30)5-8-25-17(29)11-14(28)22(31)32/h2-4,14,16,21,27-28,33H,5-11H2,1H3,(H,25,29)(H,31,32)/t14-,16+,21-,23-,24+/m0/s1. The molecule has 2 aliphatic heterocycles. The Morgan fingerprint density at radius 1 is 1.34 bits per heavy atom. The molecular weight excluding hydrogens is 460 g/mol. The molecule has 2 bridgehead atoms. The number of aromatic hydroxyl groups is 1. The van der Waals surface area contributed by atoms with Crippen molar-refractivity contribution < 1.29 is 44.3 Å². The zero-order valence-electron chi connectivity index (χ0n) is 19.2. The summed E-state index contributed by atoms with van der Waals surface area (Å²) in [6.07, 6.45) is -0.315. The smallest absolute Gasteiger partial charge is 0.333 e. The van der Waals surface area contributed by atoms with Crippen molar-refractivity contribution >= 4 is 17.8 Å². The van der Waals surface area contributed by atoms with Gasteiger partial charge in [0.05, 0.1) is 23.9 Å². The van der Waals surface area contributed by atoms with Crippen molar-refractivity contribution in [1.82, 2.24) is 10.2 Å². The molecule has 0 unspecified atom stereocenters. The Morgan fingerprint density at radius 2 is 2.11 bits per heavy atom. The first-order valence-electron chi connectivity index (χ1n) is 11.6. The lowest BCUT2D eigenvalue weighted by Crippen LogP contribution is -2.74. The molecule has 5 N–H and O–H groups in total. The van der Waals surface area contributed by atoms with Crippen LogP contribution in [0, 0.1) is 0 Å². The SMILES string of the molecule is CN1CC[C@]23c4c5ccc(O)c4O[C@H]2C(OC(=O)CCNC(=O)C[C@H](O)C(=O)O)=CC[C@@]3(O)[C@H]1C5. The quantitative estimate of drug-likeness (QED) is 0.318. The van der Waals surface area contributed by atoms with Crippen molar-refractivity contribution in [3.05, 3.63) is 35.1 Å². The largest absolute Gasteiger partial charge is 0.504 e. The molecule has 2 aliphatic carbocycles. The van der Waals surface area contributed by atoms with Crippen LogP contribution in [0.5, 0.6) is 11.5 Å². The minimum absolute atomic E-state index is 0.0239. The fourth-order valence-corrected chi connectivity index (χ4v) is 6.26. The third-order valence-corrected chi connectivity index (χ3v) is 7.90. The number of aliphatic carboxylic acids is 1. The van der Waals surface area contributed by atoms with Crippen LogP contribution in [0.2, 0.25) is 0 Å². The number of carbonyl (C=O) groups excluding carboxylic acids is 2. The number of nitrogens with zero attached hydrogens (tertiary/aromatic N) is 1. The van der Waals surface area contributed by atoms with Crippen molar-refractivity contribution in [1.29, 1.82) is 0 Å². The molecule has 5 atom stereocenters. The average Bonchev–Trinajstić information content (AvgIpc) is 3.15. The van der Waals surface area contributed by atoms with Crippen LogP contribution in [-0.4, -0.2) is 87.2 Å². The van der Waals surface area contributed by atoms with Crippen LogP contribution in [0.3, 0.4) is 0 Å². The number of hydrogen-bond acceptors (Lipinski definition) is 9. The molecule has 0 aromatic heterocycles. The number of likely N-dealkylation sites (tertiary alicyclic amines) is 1. The third kappa shape index (κ3) is 3.40. The number of carboxylic acid groups (broad SMARTS) is 1. The lowest BCUT2D eigenvalue weighted by atomic mass is 9.50. The van der Waals surface area contributed by atoms with Gasteiger partial charge in [0.1, 0.15) is 5.76 Å². The molecule has 35 heavy (non-hydrogen) atoms. The second kappa shape index (κ2) is 8.21. The summed E-state index contributed by atoms with van der Waals surface area (Å²) in [4.78, 5) is 37.1. The molecule has 1 fully saturated rings. The van der Waals surface area contributed by atoms with E-state index in [1.165, 1.54) is 0 Å². The second-order valence-corrected chi connectivity index (χ2v) is 9.73. The van der Waals surface area contributed by atoms with E-state index in [1.807, 2.05) is 13.1 Å². The van der Waals surface area contributed by atoms with E-state index in [0.717, 1.165) is 11.1 Å². The van der Waals surface area contributed by atoms with Gasteiger partial charge in [-0.1, -0.05) is 6.07 Å². The van der Waals surface area contributed by atoms with Crippen LogP contribution in [0.25, 0.3) is 0 Å². The van der Waals surface area contributed by atoms with Crippen LogP contribution < -0.4 is 10.1 Å². The molecular formula is C24H28N2O9. The Balaban J connectivity index is 1.34. The van der Waals surface area contributed by atoms with Crippen molar-refractivity contribution in [3.8, 4) is 11.5 Å². The van der Waals surface area contributed by atoms with Gasteiger partial charge >= 0.3 is 11.9 Å². The summed E-state index contributed by atoms with van der Waals surface area (Å²) < 4.78 is 11.8. The summed E-state index contributed by atoms with van der Waals surface area (Å²) in [6, 6.07) is 3.29. The van der Waals surface area contributed by atoms with E-state index >= 15 is 0 Å². The molecule has 2 heterocycles. The molecule has 0 saturated carbocycles. The number of carboxylic acids is 1. The van der Waals surface area contributed by atoms with Gasteiger partial charge < -0.3 is 40.1 Å². The van der Waals surface area contributed by atoms with Crippen LogP contribution >= 0.6 is 0 Å². The molecule has 5 rings (SSSR count). The van der Waals surface area contributed by atoms with Gasteiger partial charge in [0.25, 0.3) is 0 Å². The van der Waals surface area contributed by atoms with E-state index in [9.17, 15) is 29.7 Å². The van der Waals surface area contributed by atoms with Crippen molar-refractivity contribution in [2.75, 3.05) is 20.1 Å². The highest BCUT2D eigenvalue weighted by Gasteiger charge is 2.72. The zero-order valence-corrected chi connectivity index (χ0v) is 19.2. The summed E-state index contributed by atoms with van der Waals surface area (Å²) in [5.41, 5.74) is -0.233. The normalized spacial score (nSPS) is 31.0. The number of phenolic OH excluding ortho intramolecular Hbond substituents is 1. The van der Waals surface area contributed by atoms with Crippen molar-refractivity contribution in [3.63, 3.8) is 0 Å². The van der Waals surface area contributed by atoms with Crippen LogP contribution in [0.4, 0.5) is 0 Å². The van der Waals surface area contributed by atoms with E-state index in [1.54, 1.807) is 12.1 Å². The topological polar surface area (TPSA) is 166 Å². The molecule has 4 aliphatic rings. The van der Waals surface area contributed by atoms with Crippen molar-refractivity contribution in [2.24, 2.45) is 0 Å². The number of benzene rings is 1. The summed E-state index contributed by atoms with van der Waals surface area (Å²) >= 11 is 0. The fourth-order valence-electron chi connectivity index (χ4n) is 6.26. The average molecular weight is 488 g/mol. The Labute approximate surface area is 200 Å². The maximum Gasteiger partial charge on any atom is 0.333 e.